The Labute approximate surface area is 174 Å². The van der Waals surface area contributed by atoms with Gasteiger partial charge in [-0.1, -0.05) is 17.7 Å². The van der Waals surface area contributed by atoms with E-state index in [4.69, 9.17) is 21.1 Å². The molecule has 0 aliphatic rings. The van der Waals surface area contributed by atoms with E-state index in [2.05, 4.69) is 20.6 Å². The quantitative estimate of drug-likeness (QED) is 0.541. The van der Waals surface area contributed by atoms with Crippen molar-refractivity contribution in [1.29, 1.82) is 0 Å². The highest BCUT2D eigenvalue weighted by molar-refractivity contribution is 6.33. The van der Waals surface area contributed by atoms with E-state index in [1.165, 1.54) is 13.3 Å². The molecule has 2 aromatic heterocycles. The Morgan fingerprint density at radius 2 is 2.00 bits per heavy atom. The van der Waals surface area contributed by atoms with E-state index in [0.717, 1.165) is 5.56 Å². The first kappa shape index (κ1) is 20.6. The number of amides is 1. The second kappa shape index (κ2) is 9.86. The van der Waals surface area contributed by atoms with Gasteiger partial charge in [-0.05, 0) is 30.3 Å². The van der Waals surface area contributed by atoms with Crippen molar-refractivity contribution in [3.63, 3.8) is 0 Å². The van der Waals surface area contributed by atoms with Crippen LogP contribution in [0.25, 0.3) is 11.3 Å². The highest BCUT2D eigenvalue weighted by Crippen LogP contribution is 2.29. The highest BCUT2D eigenvalue weighted by atomic mass is 35.5. The molecule has 150 valence electrons. The van der Waals surface area contributed by atoms with Gasteiger partial charge in [0.15, 0.2) is 0 Å². The number of benzene rings is 1. The van der Waals surface area contributed by atoms with Crippen molar-refractivity contribution in [2.45, 2.75) is 0 Å². The van der Waals surface area contributed by atoms with Crippen molar-refractivity contribution < 1.29 is 14.3 Å². The molecule has 0 atom stereocenters. The Hall–Kier alpha value is -3.16. The normalized spacial score (nSPS) is 10.4. The first-order chi connectivity index (χ1) is 14.1. The van der Waals surface area contributed by atoms with Gasteiger partial charge in [0.05, 0.1) is 41.9 Å². The number of anilines is 2. The lowest BCUT2D eigenvalue weighted by Gasteiger charge is -2.14. The zero-order valence-electron chi connectivity index (χ0n) is 16.1. The molecule has 3 rings (SSSR count). The molecule has 2 heterocycles. The Morgan fingerprint density at radius 3 is 2.69 bits per heavy atom. The average Bonchev–Trinajstić information content (AvgIpc) is 2.74. The third kappa shape index (κ3) is 5.22. The number of pyridine rings is 2. The van der Waals surface area contributed by atoms with E-state index in [9.17, 15) is 4.79 Å². The summed E-state index contributed by atoms with van der Waals surface area (Å²) in [6, 6.07) is 12.4. The van der Waals surface area contributed by atoms with Gasteiger partial charge < -0.3 is 20.1 Å². The van der Waals surface area contributed by atoms with Crippen molar-refractivity contribution in [3.05, 3.63) is 65.4 Å². The summed E-state index contributed by atoms with van der Waals surface area (Å²) in [5, 5.41) is 6.62. The number of rotatable bonds is 8. The zero-order chi connectivity index (χ0) is 20.6. The number of methoxy groups -OCH3 is 2. The monoisotopic (exact) mass is 412 g/mol. The summed E-state index contributed by atoms with van der Waals surface area (Å²) in [6.45, 7) is 1.04. The number of nitrogens with one attached hydrogen (secondary N) is 2. The lowest BCUT2D eigenvalue weighted by atomic mass is 10.0. The first-order valence-corrected chi connectivity index (χ1v) is 9.29. The van der Waals surface area contributed by atoms with Gasteiger partial charge >= 0.3 is 0 Å². The lowest BCUT2D eigenvalue weighted by Crippen LogP contribution is -2.16. The Morgan fingerprint density at radius 1 is 1.14 bits per heavy atom. The van der Waals surface area contributed by atoms with Gasteiger partial charge in [0, 0.05) is 37.2 Å². The molecule has 8 heteroatoms. The summed E-state index contributed by atoms with van der Waals surface area (Å²) in [5.74, 6) is 0.206. The minimum absolute atomic E-state index is 0.268. The maximum Gasteiger partial charge on any atom is 0.257 e. The summed E-state index contributed by atoms with van der Waals surface area (Å²) >= 11 is 6.27. The van der Waals surface area contributed by atoms with Crippen LogP contribution in [-0.4, -0.2) is 43.2 Å². The van der Waals surface area contributed by atoms with Crippen molar-refractivity contribution in [2.24, 2.45) is 0 Å². The highest BCUT2D eigenvalue weighted by Gasteiger charge is 2.15. The van der Waals surface area contributed by atoms with Gasteiger partial charge in [0.25, 0.3) is 5.91 Å². The molecular formula is C21H21ClN4O3. The predicted molar refractivity (Wildman–Crippen MR) is 114 cm³/mol. The summed E-state index contributed by atoms with van der Waals surface area (Å²) < 4.78 is 10.1. The maximum atomic E-state index is 12.9. The van der Waals surface area contributed by atoms with Crippen molar-refractivity contribution in [3.8, 4) is 17.1 Å². The van der Waals surface area contributed by atoms with Crippen LogP contribution in [0.4, 0.5) is 11.4 Å². The fourth-order valence-electron chi connectivity index (χ4n) is 2.70. The molecule has 0 unspecified atom stereocenters. The molecule has 3 aromatic rings. The molecule has 0 spiro atoms. The van der Waals surface area contributed by atoms with Gasteiger partial charge in [0.2, 0.25) is 5.88 Å². The molecule has 2 N–H and O–H groups in total. The molecule has 1 amide bonds. The zero-order valence-corrected chi connectivity index (χ0v) is 16.9. The summed E-state index contributed by atoms with van der Waals surface area (Å²) in [4.78, 5) is 21.3. The van der Waals surface area contributed by atoms with Gasteiger partial charge in [0.1, 0.15) is 0 Å². The second-order valence-corrected chi connectivity index (χ2v) is 6.46. The number of carbonyl (C=O) groups is 1. The standard InChI is InChI=1S/C21H21ClN4O3/c1-28-11-10-23-18-12-14(20-17(22)4-3-9-24-20)5-7-16(18)21(27)26-15-6-8-19(29-2)25-13-15/h3-9,12-13,23H,10-11H2,1-2H3,(H,26,27). The van der Waals surface area contributed by atoms with Crippen LogP contribution < -0.4 is 15.4 Å². The number of aromatic nitrogens is 2. The molecular weight excluding hydrogens is 392 g/mol. The van der Waals surface area contributed by atoms with Crippen molar-refractivity contribution >= 4 is 28.9 Å². The number of hydrogen-bond acceptors (Lipinski definition) is 6. The fourth-order valence-corrected chi connectivity index (χ4v) is 2.93. The lowest BCUT2D eigenvalue weighted by molar-refractivity contribution is 0.102. The van der Waals surface area contributed by atoms with E-state index in [0.29, 0.717) is 46.7 Å². The van der Waals surface area contributed by atoms with Gasteiger partial charge in [-0.25, -0.2) is 4.98 Å². The molecule has 0 aliphatic carbocycles. The van der Waals surface area contributed by atoms with E-state index in [-0.39, 0.29) is 5.91 Å². The number of ether oxygens (including phenoxy) is 2. The molecule has 0 radical (unpaired) electrons. The number of carbonyl (C=O) groups excluding carboxylic acids is 1. The van der Waals surface area contributed by atoms with Crippen LogP contribution >= 0.6 is 11.6 Å². The molecule has 0 saturated carbocycles. The van der Waals surface area contributed by atoms with Crippen molar-refractivity contribution in [2.75, 3.05) is 38.0 Å². The molecule has 7 nitrogen and oxygen atoms in total. The molecule has 0 aliphatic heterocycles. The van der Waals surface area contributed by atoms with E-state index in [1.807, 2.05) is 12.1 Å². The molecule has 0 fully saturated rings. The Balaban J connectivity index is 1.89. The number of halogens is 1. The Bertz CT molecular complexity index is 980. The molecule has 29 heavy (non-hydrogen) atoms. The molecule has 0 bridgehead atoms. The summed E-state index contributed by atoms with van der Waals surface area (Å²) in [7, 11) is 3.16. The van der Waals surface area contributed by atoms with Crippen molar-refractivity contribution in [1.82, 2.24) is 9.97 Å². The maximum absolute atomic E-state index is 12.9. The largest absolute Gasteiger partial charge is 0.481 e. The predicted octanol–water partition coefficient (Wildman–Crippen LogP) is 4.12. The van der Waals surface area contributed by atoms with Gasteiger partial charge in [-0.2, -0.15) is 0 Å². The van der Waals surface area contributed by atoms with Crippen LogP contribution in [0.1, 0.15) is 10.4 Å². The van der Waals surface area contributed by atoms with Crippen LogP contribution in [0, 0.1) is 0 Å². The summed E-state index contributed by atoms with van der Waals surface area (Å²) in [6.07, 6.45) is 3.22. The summed E-state index contributed by atoms with van der Waals surface area (Å²) in [5.41, 5.74) is 3.15. The minimum atomic E-state index is -0.268. The average molecular weight is 413 g/mol. The molecule has 1 aromatic carbocycles. The fraction of sp³-hybridized carbons (Fsp3) is 0.190. The van der Waals surface area contributed by atoms with E-state index < -0.39 is 0 Å². The smallest absolute Gasteiger partial charge is 0.257 e. The SMILES string of the molecule is COCCNc1cc(-c2ncccc2Cl)ccc1C(=O)Nc1ccc(OC)nc1. The van der Waals surface area contributed by atoms with Gasteiger partial charge in [-0.3, -0.25) is 9.78 Å². The van der Waals surface area contributed by atoms with E-state index in [1.54, 1.807) is 43.6 Å². The third-order valence-corrected chi connectivity index (χ3v) is 4.43. The Kier molecular flexibility index (Phi) is 6.99. The van der Waals surface area contributed by atoms with Crippen LogP contribution in [0.3, 0.4) is 0 Å². The van der Waals surface area contributed by atoms with Crippen LogP contribution in [0.15, 0.2) is 54.9 Å². The number of hydrogen-bond donors (Lipinski definition) is 2. The van der Waals surface area contributed by atoms with Crippen LogP contribution in [0.5, 0.6) is 5.88 Å². The van der Waals surface area contributed by atoms with Crippen LogP contribution in [-0.2, 0) is 4.74 Å². The van der Waals surface area contributed by atoms with Gasteiger partial charge in [-0.15, -0.1) is 0 Å². The second-order valence-electron chi connectivity index (χ2n) is 6.06. The minimum Gasteiger partial charge on any atom is -0.481 e. The van der Waals surface area contributed by atoms with Crippen LogP contribution in [0.2, 0.25) is 5.02 Å². The molecule has 0 saturated heterocycles. The first-order valence-electron chi connectivity index (χ1n) is 8.91. The third-order valence-electron chi connectivity index (χ3n) is 4.12. The van der Waals surface area contributed by atoms with E-state index >= 15 is 0 Å². The number of nitrogens with zero attached hydrogens (tertiary/aromatic N) is 2. The topological polar surface area (TPSA) is 85.4 Å².